The van der Waals surface area contributed by atoms with Gasteiger partial charge in [-0.2, -0.15) is 0 Å². The predicted octanol–water partition coefficient (Wildman–Crippen LogP) is 2.78. The molecule has 1 aromatic carbocycles. The number of fused-ring (bicyclic) bond motifs is 2. The SMILES string of the molecule is O=c1c2c([nH]c3ccc(Br)cc13)CCC2. The van der Waals surface area contributed by atoms with Gasteiger partial charge in [-0.15, -0.1) is 0 Å². The molecule has 0 saturated carbocycles. The van der Waals surface area contributed by atoms with Crippen LogP contribution in [0.1, 0.15) is 17.7 Å². The van der Waals surface area contributed by atoms with Crippen molar-refractivity contribution in [2.24, 2.45) is 0 Å². The topological polar surface area (TPSA) is 32.9 Å². The van der Waals surface area contributed by atoms with E-state index in [1.165, 1.54) is 0 Å². The van der Waals surface area contributed by atoms with E-state index in [0.29, 0.717) is 0 Å². The van der Waals surface area contributed by atoms with Crippen LogP contribution in [0.5, 0.6) is 0 Å². The number of hydrogen-bond donors (Lipinski definition) is 1. The zero-order chi connectivity index (χ0) is 10.4. The molecule has 0 radical (unpaired) electrons. The Morgan fingerprint density at radius 1 is 1.27 bits per heavy atom. The molecular formula is C12H10BrNO. The van der Waals surface area contributed by atoms with E-state index in [2.05, 4.69) is 20.9 Å². The van der Waals surface area contributed by atoms with E-state index >= 15 is 0 Å². The molecule has 0 spiro atoms. The number of benzene rings is 1. The van der Waals surface area contributed by atoms with E-state index in [9.17, 15) is 4.79 Å². The Labute approximate surface area is 95.5 Å². The van der Waals surface area contributed by atoms with Crippen LogP contribution in [0.2, 0.25) is 0 Å². The molecule has 0 fully saturated rings. The van der Waals surface area contributed by atoms with Crippen molar-refractivity contribution >= 4 is 26.8 Å². The van der Waals surface area contributed by atoms with E-state index in [-0.39, 0.29) is 5.43 Å². The fourth-order valence-electron chi connectivity index (χ4n) is 2.27. The largest absolute Gasteiger partial charge is 0.358 e. The number of aryl methyl sites for hydroxylation is 1. The molecule has 0 unspecified atom stereocenters. The van der Waals surface area contributed by atoms with E-state index in [4.69, 9.17) is 0 Å². The Morgan fingerprint density at radius 2 is 2.13 bits per heavy atom. The number of aromatic nitrogens is 1. The van der Waals surface area contributed by atoms with Crippen LogP contribution in [-0.4, -0.2) is 4.98 Å². The van der Waals surface area contributed by atoms with Crippen molar-refractivity contribution in [3.05, 3.63) is 44.2 Å². The summed E-state index contributed by atoms with van der Waals surface area (Å²) in [7, 11) is 0. The summed E-state index contributed by atoms with van der Waals surface area (Å²) in [4.78, 5) is 15.5. The fourth-order valence-corrected chi connectivity index (χ4v) is 2.63. The van der Waals surface area contributed by atoms with Crippen molar-refractivity contribution in [3.63, 3.8) is 0 Å². The van der Waals surface area contributed by atoms with Gasteiger partial charge in [0.15, 0.2) is 5.43 Å². The Kier molecular flexibility index (Phi) is 1.96. The highest BCUT2D eigenvalue weighted by Gasteiger charge is 2.16. The van der Waals surface area contributed by atoms with Gasteiger partial charge >= 0.3 is 0 Å². The van der Waals surface area contributed by atoms with E-state index < -0.39 is 0 Å². The Hall–Kier alpha value is -1.09. The fraction of sp³-hybridized carbons (Fsp3) is 0.250. The van der Waals surface area contributed by atoms with E-state index in [1.54, 1.807) is 0 Å². The highest BCUT2D eigenvalue weighted by Crippen LogP contribution is 2.22. The minimum Gasteiger partial charge on any atom is -0.358 e. The zero-order valence-electron chi connectivity index (χ0n) is 8.14. The van der Waals surface area contributed by atoms with Gasteiger partial charge in [0.2, 0.25) is 0 Å². The lowest BCUT2D eigenvalue weighted by Gasteiger charge is -2.03. The third kappa shape index (κ3) is 1.34. The first-order valence-electron chi connectivity index (χ1n) is 5.09. The lowest BCUT2D eigenvalue weighted by Crippen LogP contribution is -2.10. The molecular weight excluding hydrogens is 254 g/mol. The molecule has 2 nitrogen and oxygen atoms in total. The molecule has 3 rings (SSSR count). The molecule has 15 heavy (non-hydrogen) atoms. The number of H-pyrrole nitrogens is 1. The van der Waals surface area contributed by atoms with Crippen LogP contribution in [-0.2, 0) is 12.8 Å². The van der Waals surface area contributed by atoms with Gasteiger partial charge in [-0.1, -0.05) is 15.9 Å². The molecule has 0 saturated heterocycles. The first kappa shape index (κ1) is 9.16. The van der Waals surface area contributed by atoms with Gasteiger partial charge in [0.05, 0.1) is 0 Å². The first-order valence-corrected chi connectivity index (χ1v) is 5.88. The quantitative estimate of drug-likeness (QED) is 0.779. The molecule has 1 aliphatic carbocycles. The van der Waals surface area contributed by atoms with Gasteiger partial charge < -0.3 is 4.98 Å². The second kappa shape index (κ2) is 3.20. The molecule has 0 amide bonds. The number of aromatic amines is 1. The van der Waals surface area contributed by atoms with Gasteiger partial charge in [-0.3, -0.25) is 4.79 Å². The molecule has 0 aliphatic heterocycles. The van der Waals surface area contributed by atoms with E-state index in [0.717, 1.165) is 45.9 Å². The summed E-state index contributed by atoms with van der Waals surface area (Å²) in [6.45, 7) is 0. The number of nitrogens with one attached hydrogen (secondary N) is 1. The third-order valence-electron chi connectivity index (χ3n) is 3.00. The minimum absolute atomic E-state index is 0.206. The second-order valence-corrected chi connectivity index (χ2v) is 4.87. The standard InChI is InChI=1S/C12H10BrNO/c13-7-4-5-11-9(6-7)12(15)8-2-1-3-10(8)14-11/h4-6H,1-3H2,(H,14,15). The zero-order valence-corrected chi connectivity index (χ0v) is 9.73. The van der Waals surface area contributed by atoms with Crippen LogP contribution in [0, 0.1) is 0 Å². The highest BCUT2D eigenvalue weighted by molar-refractivity contribution is 9.10. The van der Waals surface area contributed by atoms with Gasteiger partial charge in [0, 0.05) is 26.6 Å². The number of rotatable bonds is 0. The van der Waals surface area contributed by atoms with Crippen molar-refractivity contribution in [1.82, 2.24) is 4.98 Å². The van der Waals surface area contributed by atoms with Crippen molar-refractivity contribution in [3.8, 4) is 0 Å². The maximum Gasteiger partial charge on any atom is 0.192 e. The maximum absolute atomic E-state index is 12.1. The molecule has 2 aromatic rings. The monoisotopic (exact) mass is 263 g/mol. The van der Waals surface area contributed by atoms with Crippen molar-refractivity contribution < 1.29 is 0 Å². The smallest absolute Gasteiger partial charge is 0.192 e. The molecule has 0 bridgehead atoms. The average Bonchev–Trinajstić information content (AvgIpc) is 2.68. The molecule has 1 aliphatic rings. The molecule has 3 heteroatoms. The lowest BCUT2D eigenvalue weighted by molar-refractivity contribution is 0.900. The van der Waals surface area contributed by atoms with Crippen LogP contribution in [0.3, 0.4) is 0 Å². The van der Waals surface area contributed by atoms with Gasteiger partial charge in [0.1, 0.15) is 0 Å². The molecule has 76 valence electrons. The van der Waals surface area contributed by atoms with Gasteiger partial charge in [0.25, 0.3) is 0 Å². The van der Waals surface area contributed by atoms with Crippen LogP contribution < -0.4 is 5.43 Å². The summed E-state index contributed by atoms with van der Waals surface area (Å²) in [6, 6.07) is 5.81. The summed E-state index contributed by atoms with van der Waals surface area (Å²) in [5.74, 6) is 0. The predicted molar refractivity (Wildman–Crippen MR) is 64.3 cm³/mol. The van der Waals surface area contributed by atoms with Gasteiger partial charge in [-0.25, -0.2) is 0 Å². The molecule has 1 aromatic heterocycles. The van der Waals surface area contributed by atoms with Crippen LogP contribution in [0.15, 0.2) is 27.5 Å². The Balaban J connectivity index is 2.47. The van der Waals surface area contributed by atoms with Crippen molar-refractivity contribution in [2.45, 2.75) is 19.3 Å². The average molecular weight is 264 g/mol. The lowest BCUT2D eigenvalue weighted by atomic mass is 10.1. The first-order chi connectivity index (χ1) is 7.25. The highest BCUT2D eigenvalue weighted by atomic mass is 79.9. The van der Waals surface area contributed by atoms with Crippen LogP contribution in [0.4, 0.5) is 0 Å². The summed E-state index contributed by atoms with van der Waals surface area (Å²) in [6.07, 6.45) is 3.03. The van der Waals surface area contributed by atoms with Crippen LogP contribution in [0.25, 0.3) is 10.9 Å². The van der Waals surface area contributed by atoms with Crippen molar-refractivity contribution in [2.75, 3.05) is 0 Å². The summed E-state index contributed by atoms with van der Waals surface area (Å²) in [5, 5.41) is 0.796. The molecule has 0 atom stereocenters. The summed E-state index contributed by atoms with van der Waals surface area (Å²) < 4.78 is 0.957. The number of pyridine rings is 1. The molecule has 1 heterocycles. The number of halogens is 1. The summed E-state index contributed by atoms with van der Waals surface area (Å²) >= 11 is 3.39. The Bertz CT molecular complexity index is 600. The minimum atomic E-state index is 0.206. The third-order valence-corrected chi connectivity index (χ3v) is 3.50. The van der Waals surface area contributed by atoms with E-state index in [1.807, 2.05) is 18.2 Å². The second-order valence-electron chi connectivity index (χ2n) is 3.95. The van der Waals surface area contributed by atoms with Gasteiger partial charge in [-0.05, 0) is 37.5 Å². The maximum atomic E-state index is 12.1. The summed E-state index contributed by atoms with van der Waals surface area (Å²) in [5.41, 5.74) is 3.27. The Morgan fingerprint density at radius 3 is 3.00 bits per heavy atom. The van der Waals surface area contributed by atoms with Crippen molar-refractivity contribution in [1.29, 1.82) is 0 Å². The van der Waals surface area contributed by atoms with Crippen LogP contribution >= 0.6 is 15.9 Å². The normalized spacial score (nSPS) is 14.5. The number of hydrogen-bond acceptors (Lipinski definition) is 1. The molecule has 1 N–H and O–H groups in total.